The minimum absolute atomic E-state index is 0.635. The molecule has 0 bridgehead atoms. The second-order valence-corrected chi connectivity index (χ2v) is 5.80. The number of aromatic nitrogens is 3. The number of rotatable bonds is 7. The minimum Gasteiger partial charge on any atom is -0.370 e. The van der Waals surface area contributed by atoms with E-state index in [1.165, 1.54) is 0 Å². The number of anilines is 1. The highest BCUT2D eigenvalue weighted by Crippen LogP contribution is 2.28. The molecule has 0 radical (unpaired) electrons. The topological polar surface area (TPSA) is 72.1 Å². The van der Waals surface area contributed by atoms with Crippen LogP contribution in [0.25, 0.3) is 23.2 Å². The zero-order valence-electron chi connectivity index (χ0n) is 14.7. The molecule has 0 fully saturated rings. The van der Waals surface area contributed by atoms with Gasteiger partial charge in [-0.25, -0.2) is 9.20 Å². The lowest BCUT2D eigenvalue weighted by Crippen LogP contribution is -2.36. The fourth-order valence-electron chi connectivity index (χ4n) is 2.89. The number of hydrogen-bond donors (Lipinski definition) is 1. The summed E-state index contributed by atoms with van der Waals surface area (Å²) < 4.78 is 7.07. The van der Waals surface area contributed by atoms with Crippen molar-refractivity contribution in [3.63, 3.8) is 0 Å². The quantitative estimate of drug-likeness (QED) is 0.670. The van der Waals surface area contributed by atoms with Gasteiger partial charge in [0.2, 0.25) is 0 Å². The van der Waals surface area contributed by atoms with E-state index in [9.17, 15) is 0 Å². The Morgan fingerprint density at radius 2 is 1.76 bits per heavy atom. The second-order valence-electron chi connectivity index (χ2n) is 5.80. The molecule has 0 saturated carbocycles. The third-order valence-electron chi connectivity index (χ3n) is 4.29. The summed E-state index contributed by atoms with van der Waals surface area (Å²) in [5.41, 5.74) is 10.3. The monoisotopic (exact) mass is 338 g/mol. The molecular weight excluding hydrogens is 314 g/mol. The molecule has 6 heteroatoms. The smallest absolute Gasteiger partial charge is 0.169 e. The van der Waals surface area contributed by atoms with Crippen LogP contribution in [0.5, 0.6) is 0 Å². The summed E-state index contributed by atoms with van der Waals surface area (Å²) in [5.74, 6) is 0. The molecule has 1 aromatic carbocycles. The summed E-state index contributed by atoms with van der Waals surface area (Å²) in [6.07, 6.45) is 8.17. The lowest BCUT2D eigenvalue weighted by molar-refractivity contribution is -0.694. The zero-order chi connectivity index (χ0) is 17.6. The van der Waals surface area contributed by atoms with Gasteiger partial charge >= 0.3 is 0 Å². The van der Waals surface area contributed by atoms with Crippen LogP contribution in [-0.4, -0.2) is 29.9 Å². The molecule has 0 amide bonds. The summed E-state index contributed by atoms with van der Waals surface area (Å²) in [5, 5.41) is 8.21. The van der Waals surface area contributed by atoms with Crippen LogP contribution >= 0.6 is 0 Å². The fourth-order valence-corrected chi connectivity index (χ4v) is 2.89. The predicted molar refractivity (Wildman–Crippen MR) is 100.0 cm³/mol. The molecule has 0 aliphatic carbocycles. The first-order chi connectivity index (χ1) is 12.3. The van der Waals surface area contributed by atoms with Crippen molar-refractivity contribution in [1.82, 2.24) is 10.3 Å². The Morgan fingerprint density at radius 1 is 1.04 bits per heavy atom. The van der Waals surface area contributed by atoms with Gasteiger partial charge in [0.1, 0.15) is 5.52 Å². The second kappa shape index (κ2) is 7.90. The first-order valence-electron chi connectivity index (χ1n) is 8.64. The van der Waals surface area contributed by atoms with Gasteiger partial charge in [0.15, 0.2) is 24.5 Å². The van der Waals surface area contributed by atoms with Crippen molar-refractivity contribution in [1.29, 1.82) is 0 Å². The molecule has 130 valence electrons. The average molecular weight is 338 g/mol. The van der Waals surface area contributed by atoms with E-state index in [-0.39, 0.29) is 0 Å². The first kappa shape index (κ1) is 17.1. The van der Waals surface area contributed by atoms with Gasteiger partial charge in [0, 0.05) is 30.8 Å². The van der Waals surface area contributed by atoms with E-state index < -0.39 is 0 Å². The van der Waals surface area contributed by atoms with Gasteiger partial charge in [0.25, 0.3) is 0 Å². The highest BCUT2D eigenvalue weighted by Gasteiger charge is 2.14. The normalized spacial score (nSPS) is 11.5. The van der Waals surface area contributed by atoms with Gasteiger partial charge in [-0.2, -0.15) is 0 Å². The van der Waals surface area contributed by atoms with E-state index in [2.05, 4.69) is 64.0 Å². The molecule has 3 rings (SSSR count). The molecule has 2 N–H and O–H groups in total. The summed E-state index contributed by atoms with van der Waals surface area (Å²) in [7, 11) is 0. The molecule has 0 aliphatic rings. The third kappa shape index (κ3) is 3.69. The Kier molecular flexibility index (Phi) is 5.40. The molecule has 0 spiro atoms. The number of fused-ring (bicyclic) bond motifs is 1. The molecular formula is C19H24N5O+. The van der Waals surface area contributed by atoms with Crippen LogP contribution in [0.2, 0.25) is 0 Å². The Labute approximate surface area is 147 Å². The molecule has 25 heavy (non-hydrogen) atoms. The van der Waals surface area contributed by atoms with Crippen molar-refractivity contribution in [2.75, 3.05) is 24.5 Å². The van der Waals surface area contributed by atoms with Crippen molar-refractivity contribution < 1.29 is 9.20 Å². The van der Waals surface area contributed by atoms with Gasteiger partial charge in [-0.1, -0.05) is 18.2 Å². The Bertz CT molecular complexity index is 850. The van der Waals surface area contributed by atoms with E-state index in [1.54, 1.807) is 0 Å². The van der Waals surface area contributed by atoms with Gasteiger partial charge in [-0.05, 0) is 35.8 Å². The van der Waals surface area contributed by atoms with Gasteiger partial charge in [-0.15, -0.1) is 0 Å². The fraction of sp³-hybridized carbons (Fsp3) is 0.316. The number of nitrogens with zero attached hydrogens (tertiary/aromatic N) is 4. The molecule has 0 saturated heterocycles. The zero-order valence-corrected chi connectivity index (χ0v) is 14.7. The number of nitrogens with two attached hydrogens (primary N) is 1. The Hall–Kier alpha value is -2.73. The van der Waals surface area contributed by atoms with Crippen LogP contribution in [0.4, 0.5) is 5.69 Å². The summed E-state index contributed by atoms with van der Waals surface area (Å²) in [4.78, 5) is 2.24. The largest absolute Gasteiger partial charge is 0.370 e. The highest BCUT2D eigenvalue weighted by atomic mass is 16.6. The lowest BCUT2D eigenvalue weighted by atomic mass is 10.1. The van der Waals surface area contributed by atoms with Crippen LogP contribution in [0.15, 0.2) is 41.3 Å². The number of hydrogen-bond acceptors (Lipinski definition) is 5. The SMILES string of the molecule is CCN(CC)c1ccc(/C=C/c2cc[n+](CCN)cc2)c2nonc12. The molecule has 0 unspecified atom stereocenters. The van der Waals surface area contributed by atoms with E-state index >= 15 is 0 Å². The van der Waals surface area contributed by atoms with E-state index in [0.29, 0.717) is 6.54 Å². The van der Waals surface area contributed by atoms with Gasteiger partial charge in [-0.3, -0.25) is 0 Å². The Balaban J connectivity index is 1.89. The van der Waals surface area contributed by atoms with Crippen LogP contribution in [0, 0.1) is 0 Å². The molecule has 0 aliphatic heterocycles. The number of benzene rings is 1. The maximum Gasteiger partial charge on any atom is 0.169 e. The van der Waals surface area contributed by atoms with E-state index in [0.717, 1.165) is 47.5 Å². The molecule has 2 heterocycles. The van der Waals surface area contributed by atoms with Crippen LogP contribution in [0.1, 0.15) is 25.0 Å². The summed E-state index contributed by atoms with van der Waals surface area (Å²) in [6, 6.07) is 8.27. The summed E-state index contributed by atoms with van der Waals surface area (Å²) >= 11 is 0. The van der Waals surface area contributed by atoms with Crippen molar-refractivity contribution >= 4 is 28.9 Å². The molecule has 0 atom stereocenters. The Morgan fingerprint density at radius 3 is 2.44 bits per heavy atom. The van der Waals surface area contributed by atoms with Crippen molar-refractivity contribution in [2.45, 2.75) is 20.4 Å². The van der Waals surface area contributed by atoms with E-state index in [1.807, 2.05) is 18.5 Å². The lowest BCUT2D eigenvalue weighted by Gasteiger charge is -2.20. The van der Waals surface area contributed by atoms with E-state index in [4.69, 9.17) is 10.4 Å². The van der Waals surface area contributed by atoms with Crippen molar-refractivity contribution in [3.05, 3.63) is 47.8 Å². The molecule has 6 nitrogen and oxygen atoms in total. The van der Waals surface area contributed by atoms with Crippen LogP contribution in [-0.2, 0) is 6.54 Å². The highest BCUT2D eigenvalue weighted by molar-refractivity contribution is 5.95. The molecule has 2 aromatic heterocycles. The first-order valence-corrected chi connectivity index (χ1v) is 8.64. The van der Waals surface area contributed by atoms with Gasteiger partial charge in [0.05, 0.1) is 12.2 Å². The summed E-state index contributed by atoms with van der Waals surface area (Å²) in [6.45, 7) is 7.55. The van der Waals surface area contributed by atoms with Crippen molar-refractivity contribution in [3.8, 4) is 0 Å². The minimum atomic E-state index is 0.635. The predicted octanol–water partition coefficient (Wildman–Crippen LogP) is 2.49. The maximum absolute atomic E-state index is 5.57. The van der Waals surface area contributed by atoms with Crippen LogP contribution in [0.3, 0.4) is 0 Å². The van der Waals surface area contributed by atoms with Gasteiger partial charge < -0.3 is 10.6 Å². The van der Waals surface area contributed by atoms with Crippen LogP contribution < -0.4 is 15.2 Å². The standard InChI is InChI=1S/C19H24N5O/c1-3-24(4-2)17-8-7-16(18-19(17)22-25-21-18)6-5-15-9-12-23(13-10-15)14-11-20/h5-10,12-13H,3-4,11,14,20H2,1-2H3/q+1. The molecule has 3 aromatic rings. The number of pyridine rings is 1. The maximum atomic E-state index is 5.57. The average Bonchev–Trinajstić information content (AvgIpc) is 3.13. The third-order valence-corrected chi connectivity index (χ3v) is 4.29. The van der Waals surface area contributed by atoms with Crippen molar-refractivity contribution in [2.24, 2.45) is 5.73 Å².